The van der Waals surface area contributed by atoms with Gasteiger partial charge in [-0.15, -0.1) is 0 Å². The highest BCUT2D eigenvalue weighted by atomic mass is 15.4. The van der Waals surface area contributed by atoms with E-state index < -0.39 is 0 Å². The summed E-state index contributed by atoms with van der Waals surface area (Å²) in [5.41, 5.74) is 3.63. The van der Waals surface area contributed by atoms with Gasteiger partial charge in [0, 0.05) is 7.05 Å². The molecule has 2 nitrogen and oxygen atoms in total. The zero-order valence-electron chi connectivity index (χ0n) is 7.26. The Kier molecular flexibility index (Phi) is 2.15. The average molecular weight is 150 g/mol. The van der Waals surface area contributed by atoms with Crippen molar-refractivity contribution in [3.63, 3.8) is 0 Å². The molecule has 0 aliphatic rings. The maximum atomic E-state index is 5.57. The van der Waals surface area contributed by atoms with Crippen LogP contribution in [0.3, 0.4) is 0 Å². The van der Waals surface area contributed by atoms with E-state index in [0.29, 0.717) is 0 Å². The van der Waals surface area contributed by atoms with Crippen LogP contribution in [0.1, 0.15) is 11.1 Å². The first-order valence-corrected chi connectivity index (χ1v) is 3.67. The maximum Gasteiger partial charge on any atom is 0.0516 e. The molecule has 2 N–H and O–H groups in total. The topological polar surface area (TPSA) is 29.3 Å². The number of hydrogen-bond acceptors (Lipinski definition) is 2. The summed E-state index contributed by atoms with van der Waals surface area (Å²) in [6.45, 7) is 4.18. The molecule has 2 heteroatoms. The molecule has 0 aliphatic heterocycles. The lowest BCUT2D eigenvalue weighted by Crippen LogP contribution is -2.24. The van der Waals surface area contributed by atoms with Gasteiger partial charge in [-0.05, 0) is 37.1 Å². The van der Waals surface area contributed by atoms with Crippen LogP contribution in [-0.2, 0) is 0 Å². The highest BCUT2D eigenvalue weighted by molar-refractivity contribution is 5.48. The zero-order valence-corrected chi connectivity index (χ0v) is 7.26. The van der Waals surface area contributed by atoms with Gasteiger partial charge in [-0.1, -0.05) is 6.07 Å². The Morgan fingerprint density at radius 1 is 1.18 bits per heavy atom. The number of hydrogen-bond donors (Lipinski definition) is 1. The second-order valence-electron chi connectivity index (χ2n) is 2.88. The van der Waals surface area contributed by atoms with Crippen LogP contribution in [-0.4, -0.2) is 7.05 Å². The van der Waals surface area contributed by atoms with Gasteiger partial charge in [-0.3, -0.25) is 0 Å². The number of anilines is 1. The molecule has 0 aromatic heterocycles. The van der Waals surface area contributed by atoms with Gasteiger partial charge in [0.2, 0.25) is 0 Å². The van der Waals surface area contributed by atoms with E-state index in [0.717, 1.165) is 5.69 Å². The van der Waals surface area contributed by atoms with E-state index in [2.05, 4.69) is 26.0 Å². The number of rotatable bonds is 1. The molecule has 60 valence electrons. The van der Waals surface area contributed by atoms with Gasteiger partial charge < -0.3 is 5.01 Å². The molecular formula is C9H14N2. The smallest absolute Gasteiger partial charge is 0.0516 e. The van der Waals surface area contributed by atoms with Crippen LogP contribution in [0.5, 0.6) is 0 Å². The predicted molar refractivity (Wildman–Crippen MR) is 48.5 cm³/mol. The summed E-state index contributed by atoms with van der Waals surface area (Å²) in [5.74, 6) is 5.57. The molecule has 0 bridgehead atoms. The minimum atomic E-state index is 1.05. The van der Waals surface area contributed by atoms with Gasteiger partial charge in [0.25, 0.3) is 0 Å². The first-order chi connectivity index (χ1) is 5.11. The second kappa shape index (κ2) is 2.93. The van der Waals surface area contributed by atoms with Crippen LogP contribution >= 0.6 is 0 Å². The lowest BCUT2D eigenvalue weighted by atomic mass is 10.1. The minimum Gasteiger partial charge on any atom is -0.314 e. The van der Waals surface area contributed by atoms with Crippen LogP contribution < -0.4 is 10.9 Å². The van der Waals surface area contributed by atoms with Crippen molar-refractivity contribution in [2.24, 2.45) is 5.84 Å². The number of benzene rings is 1. The normalized spacial score (nSPS) is 9.82. The lowest BCUT2D eigenvalue weighted by molar-refractivity contribution is 1.01. The lowest BCUT2D eigenvalue weighted by Gasteiger charge is -2.13. The highest BCUT2D eigenvalue weighted by Crippen LogP contribution is 2.14. The molecule has 0 spiro atoms. The van der Waals surface area contributed by atoms with E-state index in [9.17, 15) is 0 Å². The monoisotopic (exact) mass is 150 g/mol. The van der Waals surface area contributed by atoms with Crippen molar-refractivity contribution in [2.45, 2.75) is 13.8 Å². The van der Waals surface area contributed by atoms with Crippen molar-refractivity contribution in [3.05, 3.63) is 29.3 Å². The Bertz CT molecular complexity index is 254. The van der Waals surface area contributed by atoms with Crippen molar-refractivity contribution in [1.29, 1.82) is 0 Å². The van der Waals surface area contributed by atoms with Crippen molar-refractivity contribution < 1.29 is 0 Å². The van der Waals surface area contributed by atoms with Gasteiger partial charge in [0.05, 0.1) is 5.69 Å². The van der Waals surface area contributed by atoms with E-state index >= 15 is 0 Å². The summed E-state index contributed by atoms with van der Waals surface area (Å²) < 4.78 is 0. The van der Waals surface area contributed by atoms with Crippen molar-refractivity contribution in [3.8, 4) is 0 Å². The van der Waals surface area contributed by atoms with E-state index in [-0.39, 0.29) is 0 Å². The second-order valence-corrected chi connectivity index (χ2v) is 2.88. The largest absolute Gasteiger partial charge is 0.314 e. The van der Waals surface area contributed by atoms with E-state index in [1.165, 1.54) is 11.1 Å². The van der Waals surface area contributed by atoms with Crippen LogP contribution in [0.2, 0.25) is 0 Å². The number of aryl methyl sites for hydroxylation is 2. The third kappa shape index (κ3) is 1.71. The summed E-state index contributed by atoms with van der Waals surface area (Å²) in [6, 6.07) is 6.17. The van der Waals surface area contributed by atoms with Gasteiger partial charge in [-0.2, -0.15) is 0 Å². The Hall–Kier alpha value is -1.02. The van der Waals surface area contributed by atoms with Gasteiger partial charge in [0.1, 0.15) is 0 Å². The summed E-state index contributed by atoms with van der Waals surface area (Å²) in [6.07, 6.45) is 0. The first-order valence-electron chi connectivity index (χ1n) is 3.67. The molecule has 0 saturated heterocycles. The zero-order chi connectivity index (χ0) is 8.43. The predicted octanol–water partition coefficient (Wildman–Crippen LogP) is 1.61. The third-order valence-electron chi connectivity index (χ3n) is 1.90. The van der Waals surface area contributed by atoms with Crippen LogP contribution in [0.25, 0.3) is 0 Å². The first kappa shape index (κ1) is 8.08. The molecule has 0 unspecified atom stereocenters. The van der Waals surface area contributed by atoms with Crippen LogP contribution in [0.15, 0.2) is 18.2 Å². The highest BCUT2D eigenvalue weighted by Gasteiger charge is 1.96. The molecule has 0 aliphatic carbocycles. The molecule has 1 aromatic rings. The third-order valence-corrected chi connectivity index (χ3v) is 1.90. The van der Waals surface area contributed by atoms with Gasteiger partial charge in [0.15, 0.2) is 0 Å². The Morgan fingerprint density at radius 2 is 1.82 bits per heavy atom. The fraction of sp³-hybridized carbons (Fsp3) is 0.333. The number of nitrogens with two attached hydrogens (primary N) is 1. The fourth-order valence-corrected chi connectivity index (χ4v) is 0.945. The Balaban J connectivity index is 3.05. The SMILES string of the molecule is Cc1ccc(N(C)N)cc1C. The molecule has 0 fully saturated rings. The molecule has 1 rings (SSSR count). The molecular weight excluding hydrogens is 136 g/mol. The number of hydrazine groups is 1. The van der Waals surface area contributed by atoms with Crippen molar-refractivity contribution in [2.75, 3.05) is 12.1 Å². The molecule has 0 saturated carbocycles. The Labute approximate surface area is 67.6 Å². The molecule has 11 heavy (non-hydrogen) atoms. The molecule has 1 aromatic carbocycles. The van der Waals surface area contributed by atoms with Gasteiger partial charge >= 0.3 is 0 Å². The summed E-state index contributed by atoms with van der Waals surface area (Å²) in [5, 5.41) is 1.62. The fourth-order valence-electron chi connectivity index (χ4n) is 0.945. The van der Waals surface area contributed by atoms with Crippen molar-refractivity contribution in [1.82, 2.24) is 0 Å². The van der Waals surface area contributed by atoms with Crippen LogP contribution in [0, 0.1) is 13.8 Å². The molecule has 0 radical (unpaired) electrons. The van der Waals surface area contributed by atoms with E-state index in [4.69, 9.17) is 5.84 Å². The quantitative estimate of drug-likeness (QED) is 0.487. The number of nitrogens with zero attached hydrogens (tertiary/aromatic N) is 1. The summed E-state index contributed by atoms with van der Waals surface area (Å²) >= 11 is 0. The molecule has 0 amide bonds. The standard InChI is InChI=1S/C9H14N2/c1-7-4-5-9(11(3)10)6-8(7)2/h4-6H,10H2,1-3H3. The van der Waals surface area contributed by atoms with E-state index in [1.54, 1.807) is 5.01 Å². The summed E-state index contributed by atoms with van der Waals surface area (Å²) in [7, 11) is 1.84. The summed E-state index contributed by atoms with van der Waals surface area (Å²) in [4.78, 5) is 0. The minimum absolute atomic E-state index is 1.05. The Morgan fingerprint density at radius 3 is 2.27 bits per heavy atom. The maximum absolute atomic E-state index is 5.57. The van der Waals surface area contributed by atoms with Crippen molar-refractivity contribution >= 4 is 5.69 Å². The van der Waals surface area contributed by atoms with Gasteiger partial charge in [-0.25, -0.2) is 5.84 Å². The average Bonchev–Trinajstić information content (AvgIpc) is 1.94. The molecule has 0 heterocycles. The van der Waals surface area contributed by atoms with E-state index in [1.807, 2.05) is 13.1 Å². The molecule has 0 atom stereocenters. The van der Waals surface area contributed by atoms with Crippen LogP contribution in [0.4, 0.5) is 5.69 Å².